The molecule has 4 aromatic rings. The van der Waals surface area contributed by atoms with Crippen LogP contribution in [0.2, 0.25) is 0 Å². The quantitative estimate of drug-likeness (QED) is 0.331. The zero-order valence-electron chi connectivity index (χ0n) is 21.3. The molecule has 196 valence electrons. The van der Waals surface area contributed by atoms with E-state index in [1.165, 1.54) is 17.7 Å². The van der Waals surface area contributed by atoms with Crippen LogP contribution in [-0.4, -0.2) is 48.9 Å². The second kappa shape index (κ2) is 11.0. The molecular formula is C31H30F3N3O. The molecule has 1 saturated heterocycles. The van der Waals surface area contributed by atoms with Gasteiger partial charge in [-0.2, -0.15) is 13.2 Å². The van der Waals surface area contributed by atoms with Crippen LogP contribution < -0.4 is 5.32 Å². The lowest BCUT2D eigenvalue weighted by molar-refractivity contribution is -0.137. The van der Waals surface area contributed by atoms with Crippen molar-refractivity contribution in [2.24, 2.45) is 0 Å². The molecular weight excluding hydrogens is 487 g/mol. The summed E-state index contributed by atoms with van der Waals surface area (Å²) in [5, 5.41) is 5.68. The molecule has 4 aromatic carbocycles. The van der Waals surface area contributed by atoms with Gasteiger partial charge in [0.1, 0.15) is 0 Å². The Balaban J connectivity index is 1.27. The lowest BCUT2D eigenvalue weighted by Gasteiger charge is -2.27. The summed E-state index contributed by atoms with van der Waals surface area (Å²) in [7, 11) is 1.78. The number of carbonyl (C=O) groups excluding carboxylic acids is 1. The van der Waals surface area contributed by atoms with E-state index in [-0.39, 0.29) is 5.91 Å². The molecule has 0 atom stereocenters. The molecule has 0 radical (unpaired) electrons. The zero-order valence-corrected chi connectivity index (χ0v) is 21.3. The second-order valence-corrected chi connectivity index (χ2v) is 9.81. The molecule has 0 saturated carbocycles. The number of benzene rings is 4. The molecule has 1 N–H and O–H groups in total. The highest BCUT2D eigenvalue weighted by molar-refractivity contribution is 5.95. The highest BCUT2D eigenvalue weighted by atomic mass is 19.4. The van der Waals surface area contributed by atoms with E-state index in [0.717, 1.165) is 66.8 Å². The minimum absolute atomic E-state index is 0.115. The van der Waals surface area contributed by atoms with Crippen molar-refractivity contribution >= 4 is 16.7 Å². The van der Waals surface area contributed by atoms with Gasteiger partial charge in [0.15, 0.2) is 0 Å². The molecule has 0 aromatic heterocycles. The Hall–Kier alpha value is -3.68. The number of halogens is 3. The van der Waals surface area contributed by atoms with E-state index in [1.54, 1.807) is 36.2 Å². The van der Waals surface area contributed by atoms with E-state index in [9.17, 15) is 18.0 Å². The molecule has 38 heavy (non-hydrogen) atoms. The van der Waals surface area contributed by atoms with Crippen LogP contribution in [0.3, 0.4) is 0 Å². The van der Waals surface area contributed by atoms with Gasteiger partial charge in [0.2, 0.25) is 0 Å². The number of fused-ring (bicyclic) bond motifs is 1. The van der Waals surface area contributed by atoms with Gasteiger partial charge in [-0.05, 0) is 63.4 Å². The van der Waals surface area contributed by atoms with Crippen LogP contribution in [0.15, 0.2) is 84.9 Å². The van der Waals surface area contributed by atoms with Gasteiger partial charge in [-0.15, -0.1) is 0 Å². The van der Waals surface area contributed by atoms with Crippen molar-refractivity contribution in [1.29, 1.82) is 0 Å². The first-order chi connectivity index (χ1) is 18.3. The van der Waals surface area contributed by atoms with E-state index in [0.29, 0.717) is 17.7 Å². The van der Waals surface area contributed by atoms with Gasteiger partial charge in [0, 0.05) is 51.9 Å². The van der Waals surface area contributed by atoms with Crippen molar-refractivity contribution in [2.45, 2.75) is 19.3 Å². The Morgan fingerprint density at radius 2 is 1.55 bits per heavy atom. The average Bonchev–Trinajstić information content (AvgIpc) is 2.93. The van der Waals surface area contributed by atoms with Crippen molar-refractivity contribution in [2.75, 3.05) is 33.2 Å². The van der Waals surface area contributed by atoms with E-state index in [4.69, 9.17) is 0 Å². The van der Waals surface area contributed by atoms with Crippen molar-refractivity contribution in [1.82, 2.24) is 15.1 Å². The van der Waals surface area contributed by atoms with E-state index >= 15 is 0 Å². The predicted octanol–water partition coefficient (Wildman–Crippen LogP) is 6.20. The van der Waals surface area contributed by atoms with Gasteiger partial charge in [0.25, 0.3) is 5.91 Å². The van der Waals surface area contributed by atoms with Crippen LogP contribution in [0.25, 0.3) is 21.9 Å². The molecule has 0 aliphatic carbocycles. The molecule has 1 fully saturated rings. The molecule has 0 unspecified atom stereocenters. The SMILES string of the molecule is CN(Cc1cccc2cc(CN3CCNCC3)ccc12)C(=O)c1ccc(-c2ccc(C(F)(F)F)cc2)cc1. The van der Waals surface area contributed by atoms with Gasteiger partial charge in [-0.25, -0.2) is 0 Å². The molecule has 0 bridgehead atoms. The van der Waals surface area contributed by atoms with Crippen LogP contribution in [-0.2, 0) is 19.3 Å². The lowest BCUT2D eigenvalue weighted by atomic mass is 10.0. The zero-order chi connectivity index (χ0) is 26.7. The first-order valence-electron chi connectivity index (χ1n) is 12.7. The molecule has 1 aliphatic rings. The lowest BCUT2D eigenvalue weighted by Crippen LogP contribution is -2.42. The Kier molecular flexibility index (Phi) is 7.49. The van der Waals surface area contributed by atoms with Crippen LogP contribution >= 0.6 is 0 Å². The first-order valence-corrected chi connectivity index (χ1v) is 12.7. The largest absolute Gasteiger partial charge is 0.416 e. The van der Waals surface area contributed by atoms with Crippen LogP contribution in [0, 0.1) is 0 Å². The summed E-state index contributed by atoms with van der Waals surface area (Å²) in [5.41, 5.74) is 3.63. The van der Waals surface area contributed by atoms with E-state index in [1.807, 2.05) is 6.07 Å². The smallest absolute Gasteiger partial charge is 0.337 e. The molecule has 1 amide bonds. The summed E-state index contributed by atoms with van der Waals surface area (Å²) >= 11 is 0. The predicted molar refractivity (Wildman–Crippen MR) is 145 cm³/mol. The third-order valence-corrected chi connectivity index (χ3v) is 7.08. The molecule has 1 heterocycles. The summed E-state index contributed by atoms with van der Waals surface area (Å²) in [6.45, 7) is 5.55. The molecule has 0 spiro atoms. The monoisotopic (exact) mass is 517 g/mol. The number of hydrogen-bond donors (Lipinski definition) is 1. The minimum atomic E-state index is -4.36. The fourth-order valence-corrected chi connectivity index (χ4v) is 4.97. The number of amides is 1. The second-order valence-electron chi connectivity index (χ2n) is 9.81. The first kappa shape index (κ1) is 25.9. The Morgan fingerprint density at radius 1 is 0.895 bits per heavy atom. The van der Waals surface area contributed by atoms with Gasteiger partial charge in [-0.3, -0.25) is 9.69 Å². The fraction of sp³-hybridized carbons (Fsp3) is 0.258. The van der Waals surface area contributed by atoms with Gasteiger partial charge >= 0.3 is 6.18 Å². The van der Waals surface area contributed by atoms with E-state index < -0.39 is 11.7 Å². The highest BCUT2D eigenvalue weighted by Gasteiger charge is 2.30. The summed E-state index contributed by atoms with van der Waals surface area (Å²) in [6.07, 6.45) is -4.36. The van der Waals surface area contributed by atoms with Crippen LogP contribution in [0.5, 0.6) is 0 Å². The fourth-order valence-electron chi connectivity index (χ4n) is 4.97. The van der Waals surface area contributed by atoms with Crippen molar-refractivity contribution in [3.8, 4) is 11.1 Å². The maximum atomic E-state index is 13.2. The summed E-state index contributed by atoms with van der Waals surface area (Å²) in [4.78, 5) is 17.3. The number of hydrogen-bond acceptors (Lipinski definition) is 3. The standard InChI is InChI=1S/C31H30F3N3O/c1-36(30(38)25-8-6-23(7-9-25)24-10-12-28(13-11-24)31(32,33)34)21-27-4-2-3-26-19-22(5-14-29(26)27)20-37-17-15-35-16-18-37/h2-14,19,35H,15-18,20-21H2,1H3. The molecule has 4 nitrogen and oxygen atoms in total. The summed E-state index contributed by atoms with van der Waals surface area (Å²) in [5.74, 6) is -0.115. The normalized spacial score (nSPS) is 14.5. The topological polar surface area (TPSA) is 35.6 Å². The van der Waals surface area contributed by atoms with Crippen LogP contribution in [0.4, 0.5) is 13.2 Å². The van der Waals surface area contributed by atoms with Gasteiger partial charge < -0.3 is 10.2 Å². The van der Waals surface area contributed by atoms with Crippen molar-refractivity contribution in [3.05, 3.63) is 107 Å². The summed E-state index contributed by atoms with van der Waals surface area (Å²) in [6, 6.07) is 24.8. The number of alkyl halides is 3. The maximum Gasteiger partial charge on any atom is 0.416 e. The molecule has 5 rings (SSSR count). The molecule has 7 heteroatoms. The van der Waals surface area contributed by atoms with Gasteiger partial charge in [-0.1, -0.05) is 54.6 Å². The average molecular weight is 518 g/mol. The minimum Gasteiger partial charge on any atom is -0.337 e. The van der Waals surface area contributed by atoms with Crippen molar-refractivity contribution in [3.63, 3.8) is 0 Å². The maximum absolute atomic E-state index is 13.2. The number of rotatable bonds is 6. The third kappa shape index (κ3) is 5.90. The Morgan fingerprint density at radius 3 is 2.21 bits per heavy atom. The number of carbonyl (C=O) groups is 1. The Labute approximate surface area is 220 Å². The third-order valence-electron chi connectivity index (χ3n) is 7.08. The molecule has 1 aliphatic heterocycles. The summed E-state index contributed by atoms with van der Waals surface area (Å²) < 4.78 is 38.5. The van der Waals surface area contributed by atoms with Gasteiger partial charge in [0.05, 0.1) is 5.56 Å². The number of nitrogens with zero attached hydrogens (tertiary/aromatic N) is 2. The Bertz CT molecular complexity index is 1410. The van der Waals surface area contributed by atoms with Crippen molar-refractivity contribution < 1.29 is 18.0 Å². The van der Waals surface area contributed by atoms with Crippen LogP contribution in [0.1, 0.15) is 27.0 Å². The van der Waals surface area contributed by atoms with E-state index in [2.05, 4.69) is 40.5 Å². The number of nitrogens with one attached hydrogen (secondary N) is 1. The highest BCUT2D eigenvalue weighted by Crippen LogP contribution is 2.31. The number of piperazine rings is 1.